The van der Waals surface area contributed by atoms with Crippen molar-refractivity contribution in [2.24, 2.45) is 0 Å². The first kappa shape index (κ1) is 47.9. The minimum absolute atomic E-state index is 0.104. The van der Waals surface area contributed by atoms with Gasteiger partial charge in [-0.05, 0) is 12.8 Å². The Morgan fingerprint density at radius 3 is 1.29 bits per heavy atom. The van der Waals surface area contributed by atoms with Gasteiger partial charge in [0, 0.05) is 12.8 Å². The van der Waals surface area contributed by atoms with Crippen LogP contribution in [0.3, 0.4) is 0 Å². The van der Waals surface area contributed by atoms with Crippen LogP contribution in [0.2, 0.25) is 0 Å². The molecule has 1 aliphatic rings. The van der Waals surface area contributed by atoms with Crippen LogP contribution in [-0.2, 0) is 32.7 Å². The molecule has 6 N–H and O–H groups in total. The van der Waals surface area contributed by atoms with Crippen molar-refractivity contribution in [1.82, 2.24) is 0 Å². The summed E-state index contributed by atoms with van der Waals surface area (Å²) >= 11 is 0. The monoisotopic (exact) mass is 754 g/mol. The fraction of sp³-hybridized carbons (Fsp3) is 0.946. The van der Waals surface area contributed by atoms with Gasteiger partial charge in [0.15, 0.2) is 6.10 Å². The number of carbonyl (C=O) groups is 2. The Morgan fingerprint density at radius 1 is 0.529 bits per heavy atom. The number of phosphoric ester groups is 1. The van der Waals surface area contributed by atoms with E-state index in [2.05, 4.69) is 13.8 Å². The summed E-state index contributed by atoms with van der Waals surface area (Å²) in [5.74, 6) is -1.10. The fourth-order valence-electron chi connectivity index (χ4n) is 6.17. The van der Waals surface area contributed by atoms with Crippen molar-refractivity contribution in [2.45, 2.75) is 211 Å². The first-order valence-corrected chi connectivity index (χ1v) is 21.3. The van der Waals surface area contributed by atoms with Gasteiger partial charge in [-0.25, -0.2) is 4.57 Å². The van der Waals surface area contributed by atoms with Crippen LogP contribution in [0.25, 0.3) is 0 Å². The van der Waals surface area contributed by atoms with Crippen LogP contribution in [0.15, 0.2) is 0 Å². The molecule has 0 aromatic rings. The van der Waals surface area contributed by atoms with Crippen LogP contribution in [0.4, 0.5) is 0 Å². The number of hydrogen-bond donors (Lipinski definition) is 6. The van der Waals surface area contributed by atoms with E-state index in [1.807, 2.05) is 0 Å². The number of esters is 2. The average Bonchev–Trinajstić information content (AvgIpc) is 3.10. The lowest BCUT2D eigenvalue weighted by molar-refractivity contribution is -0.220. The minimum Gasteiger partial charge on any atom is -0.462 e. The predicted octanol–water partition coefficient (Wildman–Crippen LogP) is 6.16. The van der Waals surface area contributed by atoms with E-state index in [1.54, 1.807) is 0 Å². The molecule has 0 aliphatic heterocycles. The topological polar surface area (TPSA) is 210 Å². The van der Waals surface area contributed by atoms with Gasteiger partial charge in [0.2, 0.25) is 0 Å². The van der Waals surface area contributed by atoms with Crippen molar-refractivity contribution in [3.63, 3.8) is 0 Å². The summed E-state index contributed by atoms with van der Waals surface area (Å²) in [7, 11) is -5.10. The van der Waals surface area contributed by atoms with Crippen LogP contribution in [0.1, 0.15) is 168 Å². The molecule has 14 heteroatoms. The third-order valence-corrected chi connectivity index (χ3v) is 10.4. The Balaban J connectivity index is 2.51. The maximum Gasteiger partial charge on any atom is 0.472 e. The number of carbonyl (C=O) groups excluding carboxylic acids is 2. The summed E-state index contributed by atoms with van der Waals surface area (Å²) in [6.45, 7) is 3.24. The zero-order valence-corrected chi connectivity index (χ0v) is 32.3. The second kappa shape index (κ2) is 29.2. The van der Waals surface area contributed by atoms with Crippen molar-refractivity contribution < 1.29 is 63.1 Å². The second-order valence-corrected chi connectivity index (χ2v) is 15.6. The number of unbranched alkanes of at least 4 members (excludes halogenated alkanes) is 20. The summed E-state index contributed by atoms with van der Waals surface area (Å²) in [4.78, 5) is 35.3. The van der Waals surface area contributed by atoms with E-state index in [9.17, 15) is 44.6 Å². The molecule has 1 rings (SSSR count). The lowest BCUT2D eigenvalue weighted by atomic mass is 9.85. The largest absolute Gasteiger partial charge is 0.472 e. The van der Waals surface area contributed by atoms with Crippen molar-refractivity contribution in [1.29, 1.82) is 0 Å². The van der Waals surface area contributed by atoms with E-state index in [4.69, 9.17) is 18.5 Å². The van der Waals surface area contributed by atoms with Crippen molar-refractivity contribution >= 4 is 19.8 Å². The van der Waals surface area contributed by atoms with Gasteiger partial charge in [-0.15, -0.1) is 0 Å². The zero-order chi connectivity index (χ0) is 37.9. The van der Waals surface area contributed by atoms with Crippen LogP contribution >= 0.6 is 7.82 Å². The van der Waals surface area contributed by atoms with Gasteiger partial charge in [-0.2, -0.15) is 0 Å². The average molecular weight is 755 g/mol. The van der Waals surface area contributed by atoms with E-state index in [1.165, 1.54) is 89.9 Å². The molecule has 1 saturated carbocycles. The van der Waals surface area contributed by atoms with E-state index >= 15 is 0 Å². The zero-order valence-electron chi connectivity index (χ0n) is 31.4. The molecule has 302 valence electrons. The van der Waals surface area contributed by atoms with Crippen molar-refractivity contribution in [2.75, 3.05) is 13.2 Å². The third kappa shape index (κ3) is 22.6. The molecule has 0 spiro atoms. The van der Waals surface area contributed by atoms with Crippen LogP contribution in [-0.4, -0.2) is 98.3 Å². The summed E-state index contributed by atoms with van der Waals surface area (Å²) < 4.78 is 33.3. The fourth-order valence-corrected chi connectivity index (χ4v) is 7.14. The van der Waals surface area contributed by atoms with Crippen LogP contribution in [0.5, 0.6) is 0 Å². The quantitative estimate of drug-likeness (QED) is 0.0258. The predicted molar refractivity (Wildman–Crippen MR) is 194 cm³/mol. The molecular formula is C37H71O13P. The van der Waals surface area contributed by atoms with Gasteiger partial charge in [-0.3, -0.25) is 18.6 Å². The number of hydrogen-bond acceptors (Lipinski definition) is 12. The Kier molecular flexibility index (Phi) is 27.4. The molecule has 6 unspecified atom stereocenters. The molecule has 0 radical (unpaired) electrons. The number of rotatable bonds is 32. The second-order valence-electron chi connectivity index (χ2n) is 14.2. The van der Waals surface area contributed by atoms with Gasteiger partial charge in [0.25, 0.3) is 0 Å². The molecule has 8 atom stereocenters. The number of ether oxygens (including phenoxy) is 2. The summed E-state index contributed by atoms with van der Waals surface area (Å²) in [5.41, 5.74) is 0. The molecule has 1 fully saturated rings. The maximum absolute atomic E-state index is 12.7. The number of aliphatic hydroxyl groups excluding tert-OH is 5. The smallest absolute Gasteiger partial charge is 0.462 e. The molecule has 0 amide bonds. The standard InChI is InChI=1S/C37H71O13P/c1-3-5-7-9-11-13-14-15-16-17-18-20-22-24-26-31(39)49-29(27-47-30(38)25-23-21-19-12-10-8-6-4-2)28-48-51(45,46)50-37-35(43)33(41)32(40)34(42)36(37)44/h29,32-37,40-44H,3-28H2,1-2H3,(H,45,46)/t29-,32?,33-,34?,35?,36?,37?/m1/s1. The highest BCUT2D eigenvalue weighted by Gasteiger charge is 2.51. The summed E-state index contributed by atoms with van der Waals surface area (Å²) in [6, 6.07) is 0. The maximum atomic E-state index is 12.7. The lowest BCUT2D eigenvalue weighted by Gasteiger charge is -2.41. The molecule has 13 nitrogen and oxygen atoms in total. The van der Waals surface area contributed by atoms with E-state index < -0.39 is 75.7 Å². The molecule has 0 heterocycles. The van der Waals surface area contributed by atoms with Crippen LogP contribution < -0.4 is 0 Å². The molecule has 51 heavy (non-hydrogen) atoms. The number of aliphatic hydroxyl groups is 5. The lowest BCUT2D eigenvalue weighted by Crippen LogP contribution is -2.64. The van der Waals surface area contributed by atoms with Gasteiger partial charge >= 0.3 is 19.8 Å². The highest BCUT2D eigenvalue weighted by atomic mass is 31.2. The van der Waals surface area contributed by atoms with Gasteiger partial charge < -0.3 is 39.9 Å². The SMILES string of the molecule is CCCCCCCCCCCCCCCCC(=O)O[C@H](COC(=O)CCCCCCCCCC)COP(=O)(O)OC1C(O)C(O)C(O)[C@@H](O)C1O. The van der Waals surface area contributed by atoms with E-state index in [-0.39, 0.29) is 12.8 Å². The Morgan fingerprint density at radius 2 is 0.882 bits per heavy atom. The van der Waals surface area contributed by atoms with Gasteiger partial charge in [0.05, 0.1) is 6.61 Å². The normalized spacial score (nSPS) is 23.8. The molecule has 0 saturated heterocycles. The summed E-state index contributed by atoms with van der Waals surface area (Å²) in [5, 5.41) is 49.9. The molecule has 1 aliphatic carbocycles. The molecule has 0 aromatic carbocycles. The Labute approximate surface area is 306 Å². The Hall–Kier alpha value is -1.15. The highest BCUT2D eigenvalue weighted by molar-refractivity contribution is 7.47. The summed E-state index contributed by atoms with van der Waals surface area (Å²) in [6.07, 6.45) is 11.9. The molecule has 0 aromatic heterocycles. The van der Waals surface area contributed by atoms with Crippen LogP contribution in [0, 0.1) is 0 Å². The molecule has 0 bridgehead atoms. The highest BCUT2D eigenvalue weighted by Crippen LogP contribution is 2.47. The van der Waals surface area contributed by atoms with Crippen molar-refractivity contribution in [3.05, 3.63) is 0 Å². The van der Waals surface area contributed by atoms with Gasteiger partial charge in [-0.1, -0.05) is 142 Å². The number of phosphoric acid groups is 1. The first-order chi connectivity index (χ1) is 24.4. The van der Waals surface area contributed by atoms with Gasteiger partial charge in [0.1, 0.15) is 43.2 Å². The Bertz CT molecular complexity index is 922. The molecular weight excluding hydrogens is 683 g/mol. The minimum atomic E-state index is -5.10. The third-order valence-electron chi connectivity index (χ3n) is 9.45. The van der Waals surface area contributed by atoms with Crippen molar-refractivity contribution in [3.8, 4) is 0 Å². The van der Waals surface area contributed by atoms with E-state index in [0.717, 1.165) is 38.5 Å². The first-order valence-electron chi connectivity index (χ1n) is 19.8. The van der Waals surface area contributed by atoms with E-state index in [0.29, 0.717) is 12.8 Å².